The number of esters is 1. The largest absolute Gasteiger partial charge is 0.458 e. The average molecular weight is 233 g/mol. The average Bonchev–Trinajstić information content (AvgIpc) is 2.15. The molecule has 1 aromatic rings. The van der Waals surface area contributed by atoms with Gasteiger partial charge in [0.05, 0.1) is 11.7 Å². The highest BCUT2D eigenvalue weighted by Crippen LogP contribution is 2.29. The molecule has 0 aliphatic rings. The molecule has 0 unspecified atom stereocenters. The van der Waals surface area contributed by atoms with E-state index in [1.54, 1.807) is 13.8 Å². The van der Waals surface area contributed by atoms with Gasteiger partial charge in [-0.15, -0.1) is 0 Å². The van der Waals surface area contributed by atoms with Crippen molar-refractivity contribution in [2.45, 2.75) is 26.1 Å². The number of hydrogen-bond acceptors (Lipinski definition) is 3. The lowest BCUT2D eigenvalue weighted by Crippen LogP contribution is -2.14. The summed E-state index contributed by atoms with van der Waals surface area (Å²) in [5, 5.41) is 0. The summed E-state index contributed by atoms with van der Waals surface area (Å²) in [6.45, 7) is 3.21. The molecule has 3 nitrogen and oxygen atoms in total. The molecule has 0 spiro atoms. The molecule has 0 aliphatic heterocycles. The fraction of sp³-hybridized carbons (Fsp3) is 0.400. The summed E-state index contributed by atoms with van der Waals surface area (Å²) >= 11 is 0. The Hall–Kier alpha value is -1.59. The third-order valence-electron chi connectivity index (χ3n) is 1.64. The second kappa shape index (κ2) is 4.51. The van der Waals surface area contributed by atoms with Crippen molar-refractivity contribution in [3.63, 3.8) is 0 Å². The van der Waals surface area contributed by atoms with E-state index < -0.39 is 23.8 Å². The van der Waals surface area contributed by atoms with Crippen molar-refractivity contribution in [1.29, 1.82) is 0 Å². The maximum absolute atomic E-state index is 12.3. The van der Waals surface area contributed by atoms with Gasteiger partial charge in [0.2, 0.25) is 0 Å². The minimum absolute atomic E-state index is 0.344. The number of rotatable bonds is 2. The smallest absolute Gasteiger partial charge is 0.416 e. The van der Waals surface area contributed by atoms with Crippen LogP contribution in [0.4, 0.5) is 13.2 Å². The zero-order valence-corrected chi connectivity index (χ0v) is 8.71. The lowest BCUT2D eigenvalue weighted by Gasteiger charge is -2.09. The summed E-state index contributed by atoms with van der Waals surface area (Å²) in [6.07, 6.45) is -3.96. The quantitative estimate of drug-likeness (QED) is 0.737. The second-order valence-corrected chi connectivity index (χ2v) is 3.38. The molecule has 6 heteroatoms. The molecule has 0 saturated carbocycles. The van der Waals surface area contributed by atoms with Gasteiger partial charge in [-0.2, -0.15) is 13.2 Å². The van der Waals surface area contributed by atoms with E-state index in [9.17, 15) is 18.0 Å². The molecule has 0 N–H and O–H groups in total. The highest BCUT2D eigenvalue weighted by molar-refractivity contribution is 5.87. The Balaban J connectivity index is 2.95. The number of hydrogen-bond donors (Lipinski definition) is 0. The second-order valence-electron chi connectivity index (χ2n) is 3.38. The summed E-state index contributed by atoms with van der Waals surface area (Å²) in [5.74, 6) is -0.860. The normalized spacial score (nSPS) is 11.6. The zero-order valence-electron chi connectivity index (χ0n) is 8.71. The van der Waals surface area contributed by atoms with Gasteiger partial charge in [-0.1, -0.05) is 0 Å². The van der Waals surface area contributed by atoms with Crippen molar-refractivity contribution in [3.05, 3.63) is 29.6 Å². The molecule has 0 amide bonds. The lowest BCUT2D eigenvalue weighted by atomic mass is 10.2. The minimum Gasteiger partial charge on any atom is -0.458 e. The zero-order chi connectivity index (χ0) is 12.3. The summed E-state index contributed by atoms with van der Waals surface area (Å²) in [7, 11) is 0. The first-order valence-electron chi connectivity index (χ1n) is 4.55. The van der Waals surface area contributed by atoms with E-state index in [0.717, 1.165) is 12.3 Å². The predicted molar refractivity (Wildman–Crippen MR) is 49.8 cm³/mol. The monoisotopic (exact) mass is 233 g/mol. The Bertz CT molecular complexity index is 388. The van der Waals surface area contributed by atoms with Crippen LogP contribution in [0.3, 0.4) is 0 Å². The first-order valence-corrected chi connectivity index (χ1v) is 4.55. The number of carbonyl (C=O) groups is 1. The van der Waals surface area contributed by atoms with Crippen LogP contribution < -0.4 is 0 Å². The van der Waals surface area contributed by atoms with Crippen LogP contribution in [0.2, 0.25) is 0 Å². The van der Waals surface area contributed by atoms with Crippen LogP contribution >= 0.6 is 0 Å². The third-order valence-corrected chi connectivity index (χ3v) is 1.64. The van der Waals surface area contributed by atoms with Crippen molar-refractivity contribution in [1.82, 2.24) is 4.98 Å². The molecule has 0 fully saturated rings. The number of halogens is 3. The summed E-state index contributed by atoms with van der Waals surface area (Å²) in [5.41, 5.74) is -1.26. The van der Waals surface area contributed by atoms with Gasteiger partial charge >= 0.3 is 12.1 Å². The van der Waals surface area contributed by atoms with Gasteiger partial charge in [0.1, 0.15) is 5.69 Å². The topological polar surface area (TPSA) is 39.2 Å². The van der Waals surface area contributed by atoms with E-state index >= 15 is 0 Å². The molecule has 1 rings (SSSR count). The van der Waals surface area contributed by atoms with E-state index in [1.165, 1.54) is 0 Å². The summed E-state index contributed by atoms with van der Waals surface area (Å²) < 4.78 is 41.7. The van der Waals surface area contributed by atoms with Gasteiger partial charge in [0.15, 0.2) is 0 Å². The van der Waals surface area contributed by atoms with Crippen LogP contribution in [0, 0.1) is 0 Å². The third kappa shape index (κ3) is 3.22. The number of aromatic nitrogens is 1. The van der Waals surface area contributed by atoms with Gasteiger partial charge in [-0.05, 0) is 26.0 Å². The molecule has 0 saturated heterocycles. The number of ether oxygens (including phenoxy) is 1. The van der Waals surface area contributed by atoms with Crippen molar-refractivity contribution in [2.24, 2.45) is 0 Å². The minimum atomic E-state index is -4.49. The Morgan fingerprint density at radius 1 is 1.44 bits per heavy atom. The van der Waals surface area contributed by atoms with Crippen LogP contribution in [-0.2, 0) is 10.9 Å². The van der Waals surface area contributed by atoms with E-state index in [4.69, 9.17) is 4.74 Å². The standard InChI is InChI=1S/C10H10F3NO2/c1-6(2)16-9(15)8-5-7(3-4-14-8)10(11,12)13/h3-6H,1-2H3. The Morgan fingerprint density at radius 2 is 2.06 bits per heavy atom. The van der Waals surface area contributed by atoms with Crippen LogP contribution in [-0.4, -0.2) is 17.1 Å². The molecule has 1 heterocycles. The maximum atomic E-state index is 12.3. The van der Waals surface area contributed by atoms with Gasteiger partial charge < -0.3 is 4.74 Å². The van der Waals surface area contributed by atoms with E-state index in [0.29, 0.717) is 6.07 Å². The predicted octanol–water partition coefficient (Wildman–Crippen LogP) is 2.67. The fourth-order valence-corrected chi connectivity index (χ4v) is 0.993. The molecule has 0 aliphatic carbocycles. The molecular formula is C10H10F3NO2. The number of alkyl halides is 3. The SMILES string of the molecule is CC(C)OC(=O)c1cc(C(F)(F)F)ccn1. The Kier molecular flexibility index (Phi) is 3.51. The Morgan fingerprint density at radius 3 is 2.56 bits per heavy atom. The fourth-order valence-electron chi connectivity index (χ4n) is 0.993. The number of pyridine rings is 1. The molecule has 0 aromatic carbocycles. The van der Waals surface area contributed by atoms with Gasteiger partial charge in [0.25, 0.3) is 0 Å². The van der Waals surface area contributed by atoms with Gasteiger partial charge in [0, 0.05) is 6.20 Å². The molecular weight excluding hydrogens is 223 g/mol. The first kappa shape index (κ1) is 12.5. The molecule has 0 bridgehead atoms. The van der Waals surface area contributed by atoms with Crippen LogP contribution in [0.1, 0.15) is 29.9 Å². The lowest BCUT2D eigenvalue weighted by molar-refractivity contribution is -0.137. The van der Waals surface area contributed by atoms with Crippen molar-refractivity contribution >= 4 is 5.97 Å². The van der Waals surface area contributed by atoms with Crippen LogP contribution in [0.15, 0.2) is 18.3 Å². The first-order chi connectivity index (χ1) is 7.30. The highest BCUT2D eigenvalue weighted by Gasteiger charge is 2.31. The van der Waals surface area contributed by atoms with Crippen molar-refractivity contribution < 1.29 is 22.7 Å². The number of nitrogens with zero attached hydrogens (tertiary/aromatic N) is 1. The number of carbonyl (C=O) groups excluding carboxylic acids is 1. The van der Waals surface area contributed by atoms with E-state index in [2.05, 4.69) is 4.98 Å². The van der Waals surface area contributed by atoms with Crippen LogP contribution in [0.5, 0.6) is 0 Å². The van der Waals surface area contributed by atoms with E-state index in [-0.39, 0.29) is 5.69 Å². The summed E-state index contributed by atoms with van der Waals surface area (Å²) in [4.78, 5) is 14.8. The Labute approximate surface area is 90.2 Å². The molecule has 0 atom stereocenters. The van der Waals surface area contributed by atoms with Crippen molar-refractivity contribution in [3.8, 4) is 0 Å². The molecule has 88 valence electrons. The summed E-state index contributed by atoms with van der Waals surface area (Å²) in [6, 6.07) is 1.47. The van der Waals surface area contributed by atoms with Gasteiger partial charge in [-0.25, -0.2) is 9.78 Å². The molecule has 0 radical (unpaired) electrons. The van der Waals surface area contributed by atoms with Crippen molar-refractivity contribution in [2.75, 3.05) is 0 Å². The molecule has 16 heavy (non-hydrogen) atoms. The highest BCUT2D eigenvalue weighted by atomic mass is 19.4. The van der Waals surface area contributed by atoms with Crippen LogP contribution in [0.25, 0.3) is 0 Å². The van der Waals surface area contributed by atoms with Gasteiger partial charge in [-0.3, -0.25) is 0 Å². The molecule has 1 aromatic heterocycles. The maximum Gasteiger partial charge on any atom is 0.416 e. The van der Waals surface area contributed by atoms with E-state index in [1.807, 2.05) is 0 Å².